The average Bonchev–Trinajstić information content (AvgIpc) is 2.46. The molecule has 1 amide bonds. The fourth-order valence-electron chi connectivity index (χ4n) is 2.30. The number of piperazine rings is 1. The Labute approximate surface area is 126 Å². The molecule has 1 aliphatic heterocycles. The lowest BCUT2D eigenvalue weighted by Gasteiger charge is -2.35. The Balaban J connectivity index is 1.84. The van der Waals surface area contributed by atoms with E-state index in [9.17, 15) is 4.79 Å². The monoisotopic (exact) mass is 293 g/mol. The molecule has 1 heterocycles. The molecule has 5 heteroatoms. The Morgan fingerprint density at radius 1 is 1.15 bits per heavy atom. The molecule has 1 saturated heterocycles. The number of carbonyl (C=O) groups is 1. The van der Waals surface area contributed by atoms with Gasteiger partial charge >= 0.3 is 0 Å². The van der Waals surface area contributed by atoms with Crippen molar-refractivity contribution >= 4 is 18.5 Å². The van der Waals surface area contributed by atoms with Crippen molar-refractivity contribution in [3.05, 3.63) is 29.8 Å². The molecule has 1 aliphatic rings. The van der Waals surface area contributed by atoms with Crippen molar-refractivity contribution in [1.29, 1.82) is 0 Å². The van der Waals surface area contributed by atoms with E-state index in [1.807, 2.05) is 29.2 Å². The van der Waals surface area contributed by atoms with E-state index in [2.05, 4.69) is 36.5 Å². The zero-order valence-electron chi connectivity index (χ0n) is 12.2. The smallest absolute Gasteiger partial charge is 0.253 e. The lowest BCUT2D eigenvalue weighted by atomic mass is 10.2. The predicted molar refractivity (Wildman–Crippen MR) is 84.6 cm³/mol. The molecule has 20 heavy (non-hydrogen) atoms. The number of rotatable bonds is 4. The number of nitrogens with zero attached hydrogens (tertiary/aromatic N) is 3. The van der Waals surface area contributed by atoms with Gasteiger partial charge in [0, 0.05) is 49.7 Å². The third-order valence-corrected chi connectivity index (χ3v) is 3.94. The summed E-state index contributed by atoms with van der Waals surface area (Å²) in [4.78, 5) is 19.8. The summed E-state index contributed by atoms with van der Waals surface area (Å²) in [6, 6.07) is 7.43. The molecule has 1 aromatic rings. The van der Waals surface area contributed by atoms with E-state index in [-0.39, 0.29) is 5.91 Å². The molecule has 0 aliphatic carbocycles. The second-order valence-corrected chi connectivity index (χ2v) is 6.00. The number of amides is 1. The van der Waals surface area contributed by atoms with Crippen LogP contribution in [0.5, 0.6) is 0 Å². The number of carbonyl (C=O) groups excluding carboxylic acids is 1. The van der Waals surface area contributed by atoms with Crippen molar-refractivity contribution in [3.8, 4) is 0 Å². The van der Waals surface area contributed by atoms with Gasteiger partial charge in [-0.05, 0) is 38.4 Å². The molecule has 0 spiro atoms. The van der Waals surface area contributed by atoms with Crippen LogP contribution < -0.4 is 0 Å². The van der Waals surface area contributed by atoms with Gasteiger partial charge in [0.1, 0.15) is 0 Å². The molecular formula is C15H23N3OS. The average molecular weight is 293 g/mol. The first-order valence-corrected chi connectivity index (χ1v) is 7.46. The Bertz CT molecular complexity index is 439. The van der Waals surface area contributed by atoms with Gasteiger partial charge in [-0.25, -0.2) is 0 Å². The fourth-order valence-corrected chi connectivity index (χ4v) is 2.45. The van der Waals surface area contributed by atoms with E-state index >= 15 is 0 Å². The van der Waals surface area contributed by atoms with Crippen LogP contribution in [0.1, 0.15) is 10.4 Å². The number of likely N-dealkylation sites (N-methyl/N-ethyl adjacent to an activating group) is 1. The third-order valence-electron chi connectivity index (χ3n) is 3.64. The maximum absolute atomic E-state index is 12.4. The van der Waals surface area contributed by atoms with Crippen LogP contribution >= 0.6 is 12.6 Å². The van der Waals surface area contributed by atoms with E-state index in [0.717, 1.165) is 49.7 Å². The summed E-state index contributed by atoms with van der Waals surface area (Å²) in [5.41, 5.74) is 0.754. The van der Waals surface area contributed by atoms with Gasteiger partial charge in [-0.3, -0.25) is 9.69 Å². The van der Waals surface area contributed by atoms with Gasteiger partial charge in [0.25, 0.3) is 5.91 Å². The first-order valence-electron chi connectivity index (χ1n) is 7.01. The number of hydrogen-bond acceptors (Lipinski definition) is 4. The van der Waals surface area contributed by atoms with Crippen LogP contribution in [0.2, 0.25) is 0 Å². The third kappa shape index (κ3) is 4.23. The normalized spacial score (nSPS) is 16.7. The molecule has 1 aromatic carbocycles. The Kier molecular flexibility index (Phi) is 5.46. The van der Waals surface area contributed by atoms with Crippen LogP contribution in [0, 0.1) is 0 Å². The number of hydrogen-bond donors (Lipinski definition) is 1. The van der Waals surface area contributed by atoms with E-state index in [0.29, 0.717) is 0 Å². The van der Waals surface area contributed by atoms with Crippen LogP contribution in [-0.2, 0) is 0 Å². The second kappa shape index (κ2) is 7.11. The zero-order valence-corrected chi connectivity index (χ0v) is 13.1. The first kappa shape index (κ1) is 15.4. The summed E-state index contributed by atoms with van der Waals surface area (Å²) >= 11 is 4.24. The highest BCUT2D eigenvalue weighted by Crippen LogP contribution is 2.12. The van der Waals surface area contributed by atoms with Gasteiger partial charge in [-0.1, -0.05) is 0 Å². The van der Waals surface area contributed by atoms with E-state index in [1.54, 1.807) is 0 Å². The van der Waals surface area contributed by atoms with E-state index in [4.69, 9.17) is 0 Å². The highest BCUT2D eigenvalue weighted by molar-refractivity contribution is 7.80. The maximum atomic E-state index is 12.4. The minimum Gasteiger partial charge on any atom is -0.336 e. The standard InChI is InChI=1S/C15H23N3OS/c1-16(2)7-8-17-9-11-18(12-10-17)15(19)13-3-5-14(20)6-4-13/h3-6,20H,7-12H2,1-2H3. The molecule has 2 rings (SSSR count). The zero-order chi connectivity index (χ0) is 14.5. The molecule has 0 saturated carbocycles. The summed E-state index contributed by atoms with van der Waals surface area (Å²) in [5.74, 6) is 0.130. The van der Waals surface area contributed by atoms with Gasteiger partial charge in [0.2, 0.25) is 0 Å². The second-order valence-electron chi connectivity index (χ2n) is 5.48. The SMILES string of the molecule is CN(C)CCN1CCN(C(=O)c2ccc(S)cc2)CC1. The molecule has 1 fully saturated rings. The van der Waals surface area contributed by atoms with Gasteiger partial charge in [-0.15, -0.1) is 12.6 Å². The van der Waals surface area contributed by atoms with Crippen molar-refractivity contribution in [2.45, 2.75) is 4.90 Å². The molecule has 0 radical (unpaired) electrons. The topological polar surface area (TPSA) is 26.8 Å². The van der Waals surface area contributed by atoms with E-state index < -0.39 is 0 Å². The fraction of sp³-hybridized carbons (Fsp3) is 0.533. The molecule has 0 N–H and O–H groups in total. The van der Waals surface area contributed by atoms with Crippen molar-refractivity contribution in [2.24, 2.45) is 0 Å². The number of benzene rings is 1. The summed E-state index contributed by atoms with van der Waals surface area (Å²) in [6.45, 7) is 5.69. The summed E-state index contributed by atoms with van der Waals surface area (Å²) in [6.07, 6.45) is 0. The summed E-state index contributed by atoms with van der Waals surface area (Å²) < 4.78 is 0. The van der Waals surface area contributed by atoms with E-state index in [1.165, 1.54) is 0 Å². The van der Waals surface area contributed by atoms with Crippen molar-refractivity contribution < 1.29 is 4.79 Å². The molecule has 0 unspecified atom stereocenters. The lowest BCUT2D eigenvalue weighted by Crippen LogP contribution is -2.49. The first-order chi connectivity index (χ1) is 9.56. The van der Waals surface area contributed by atoms with Crippen LogP contribution in [0.25, 0.3) is 0 Å². The van der Waals surface area contributed by atoms with Crippen molar-refractivity contribution in [2.75, 3.05) is 53.4 Å². The minimum absolute atomic E-state index is 0.130. The largest absolute Gasteiger partial charge is 0.336 e. The highest BCUT2D eigenvalue weighted by atomic mass is 32.1. The maximum Gasteiger partial charge on any atom is 0.253 e. The van der Waals surface area contributed by atoms with Crippen LogP contribution in [0.15, 0.2) is 29.2 Å². The van der Waals surface area contributed by atoms with Gasteiger partial charge < -0.3 is 9.80 Å². The van der Waals surface area contributed by atoms with Gasteiger partial charge in [0.05, 0.1) is 0 Å². The predicted octanol–water partition coefficient (Wildman–Crippen LogP) is 1.29. The Hall–Kier alpha value is -1.04. The van der Waals surface area contributed by atoms with Crippen LogP contribution in [0.4, 0.5) is 0 Å². The lowest BCUT2D eigenvalue weighted by molar-refractivity contribution is 0.0629. The molecule has 4 nitrogen and oxygen atoms in total. The summed E-state index contributed by atoms with van der Waals surface area (Å²) in [7, 11) is 4.18. The molecule has 110 valence electrons. The number of thiol groups is 1. The quantitative estimate of drug-likeness (QED) is 0.848. The van der Waals surface area contributed by atoms with Crippen molar-refractivity contribution in [3.63, 3.8) is 0 Å². The Morgan fingerprint density at radius 3 is 2.30 bits per heavy atom. The molecule has 0 atom stereocenters. The Morgan fingerprint density at radius 2 is 1.75 bits per heavy atom. The van der Waals surface area contributed by atoms with Crippen molar-refractivity contribution in [1.82, 2.24) is 14.7 Å². The highest BCUT2D eigenvalue weighted by Gasteiger charge is 2.21. The van der Waals surface area contributed by atoms with Gasteiger partial charge in [0.15, 0.2) is 0 Å². The summed E-state index contributed by atoms with van der Waals surface area (Å²) in [5, 5.41) is 0. The minimum atomic E-state index is 0.130. The molecular weight excluding hydrogens is 270 g/mol. The van der Waals surface area contributed by atoms with Crippen LogP contribution in [0.3, 0.4) is 0 Å². The molecule has 0 aromatic heterocycles. The van der Waals surface area contributed by atoms with Gasteiger partial charge in [-0.2, -0.15) is 0 Å². The molecule has 0 bridgehead atoms. The van der Waals surface area contributed by atoms with Crippen LogP contribution in [-0.4, -0.2) is 74.0 Å².